The smallest absolute Gasteiger partial charge is 0.329 e. The Labute approximate surface area is 164 Å². The van der Waals surface area contributed by atoms with Gasteiger partial charge in [-0.2, -0.15) is 0 Å². The first-order valence-corrected chi connectivity index (χ1v) is 9.07. The van der Waals surface area contributed by atoms with Gasteiger partial charge in [-0.05, 0) is 36.6 Å². The number of H-pyrrole nitrogens is 1. The zero-order valence-corrected chi connectivity index (χ0v) is 16.6. The summed E-state index contributed by atoms with van der Waals surface area (Å²) < 4.78 is 6.55. The van der Waals surface area contributed by atoms with Gasteiger partial charge < -0.3 is 10.1 Å². The lowest BCUT2D eigenvalue weighted by atomic mass is 10.1. The fourth-order valence-corrected chi connectivity index (χ4v) is 3.15. The molecule has 1 aromatic carbocycles. The number of rotatable bonds is 6. The molecule has 0 unspecified atom stereocenters. The fourth-order valence-electron chi connectivity index (χ4n) is 3.15. The molecule has 2 N–H and O–H groups in total. The molecule has 0 radical (unpaired) electrons. The molecule has 1 aliphatic heterocycles. The highest BCUT2D eigenvalue weighted by molar-refractivity contribution is 5.85. The molecular formula is C19H27ClN4O3. The van der Waals surface area contributed by atoms with Gasteiger partial charge in [0, 0.05) is 37.9 Å². The van der Waals surface area contributed by atoms with Crippen LogP contribution in [-0.4, -0.2) is 47.3 Å². The molecule has 1 aromatic heterocycles. The average molecular weight is 395 g/mol. The first-order chi connectivity index (χ1) is 12.6. The minimum Gasteiger partial charge on any atom is -0.379 e. The van der Waals surface area contributed by atoms with Gasteiger partial charge in [-0.3, -0.25) is 19.2 Å². The van der Waals surface area contributed by atoms with Crippen molar-refractivity contribution in [3.63, 3.8) is 0 Å². The minimum absolute atomic E-state index is 0. The number of aromatic nitrogens is 2. The monoisotopic (exact) mass is 394 g/mol. The van der Waals surface area contributed by atoms with E-state index in [4.69, 9.17) is 4.74 Å². The van der Waals surface area contributed by atoms with Gasteiger partial charge in [0.15, 0.2) is 0 Å². The lowest BCUT2D eigenvalue weighted by Crippen LogP contribution is -2.42. The average Bonchev–Trinajstić information content (AvgIpc) is 2.63. The summed E-state index contributed by atoms with van der Waals surface area (Å²) >= 11 is 0. The van der Waals surface area contributed by atoms with Crippen LogP contribution in [0.5, 0.6) is 0 Å². The van der Waals surface area contributed by atoms with E-state index < -0.39 is 5.69 Å². The van der Waals surface area contributed by atoms with Crippen molar-refractivity contribution in [2.24, 2.45) is 0 Å². The molecule has 0 bridgehead atoms. The molecule has 148 valence electrons. The van der Waals surface area contributed by atoms with Crippen molar-refractivity contribution < 1.29 is 4.74 Å². The van der Waals surface area contributed by atoms with Gasteiger partial charge in [0.1, 0.15) is 5.82 Å². The van der Waals surface area contributed by atoms with E-state index >= 15 is 0 Å². The molecule has 1 fully saturated rings. The minimum atomic E-state index is -0.393. The summed E-state index contributed by atoms with van der Waals surface area (Å²) in [6.07, 6.45) is 0.932. The van der Waals surface area contributed by atoms with E-state index in [-0.39, 0.29) is 18.0 Å². The highest BCUT2D eigenvalue weighted by Gasteiger charge is 2.12. The maximum absolute atomic E-state index is 12.4. The summed E-state index contributed by atoms with van der Waals surface area (Å²) in [4.78, 5) is 29.6. The van der Waals surface area contributed by atoms with Gasteiger partial charge in [0.05, 0.1) is 13.2 Å². The molecule has 1 saturated heterocycles. The Bertz CT molecular complexity index is 841. The lowest BCUT2D eigenvalue weighted by Gasteiger charge is -2.26. The van der Waals surface area contributed by atoms with E-state index in [2.05, 4.69) is 29.0 Å². The Morgan fingerprint density at radius 1 is 1.15 bits per heavy atom. The van der Waals surface area contributed by atoms with E-state index in [0.29, 0.717) is 32.1 Å². The second-order valence-electron chi connectivity index (χ2n) is 6.55. The quantitative estimate of drug-likeness (QED) is 0.782. The highest BCUT2D eigenvalue weighted by atomic mass is 35.5. The van der Waals surface area contributed by atoms with Crippen molar-refractivity contribution in [3.8, 4) is 0 Å². The van der Waals surface area contributed by atoms with Gasteiger partial charge in [0.2, 0.25) is 0 Å². The van der Waals surface area contributed by atoms with Crippen LogP contribution < -0.4 is 16.6 Å². The third kappa shape index (κ3) is 5.45. The first kappa shape index (κ1) is 21.2. The molecule has 0 atom stereocenters. The molecule has 1 aliphatic rings. The number of nitrogens with one attached hydrogen (secondary N) is 2. The second kappa shape index (κ2) is 9.73. The van der Waals surface area contributed by atoms with Crippen molar-refractivity contribution in [1.82, 2.24) is 14.5 Å². The van der Waals surface area contributed by atoms with E-state index in [1.807, 2.05) is 18.2 Å². The van der Waals surface area contributed by atoms with E-state index in [9.17, 15) is 9.59 Å². The molecule has 8 heteroatoms. The molecule has 2 heterocycles. The number of nitrogens with zero attached hydrogens (tertiary/aromatic N) is 2. The highest BCUT2D eigenvalue weighted by Crippen LogP contribution is 2.18. The van der Waals surface area contributed by atoms with Gasteiger partial charge >= 0.3 is 5.69 Å². The van der Waals surface area contributed by atoms with Gasteiger partial charge in [-0.25, -0.2) is 4.79 Å². The number of halogens is 1. The van der Waals surface area contributed by atoms with E-state index in [1.54, 1.807) is 0 Å². The Morgan fingerprint density at radius 2 is 1.89 bits per heavy atom. The summed E-state index contributed by atoms with van der Waals surface area (Å²) in [6, 6.07) is 7.45. The Balaban J connectivity index is 0.00000261. The van der Waals surface area contributed by atoms with Crippen molar-refractivity contribution in [2.45, 2.75) is 26.8 Å². The molecule has 0 spiro atoms. The number of anilines is 2. The van der Waals surface area contributed by atoms with Crippen LogP contribution in [0, 0.1) is 6.92 Å². The summed E-state index contributed by atoms with van der Waals surface area (Å²) in [7, 11) is 0. The summed E-state index contributed by atoms with van der Waals surface area (Å²) in [5.41, 5.74) is 2.62. The van der Waals surface area contributed by atoms with Crippen LogP contribution in [0.3, 0.4) is 0 Å². The van der Waals surface area contributed by atoms with E-state index in [0.717, 1.165) is 25.2 Å². The van der Waals surface area contributed by atoms with Crippen LogP contribution >= 0.6 is 12.4 Å². The second-order valence-corrected chi connectivity index (χ2v) is 6.55. The standard InChI is InChI=1S/C19H26N4O3.ClH/c1-3-15-12-16(5-4-14(15)2)20-17-13-18(24)23(19(25)21-17)7-6-22-8-10-26-11-9-22;/h4-5,12-13,20H,3,6-11H2,1-2H3,(H,21,25);1H. The zero-order valence-electron chi connectivity index (χ0n) is 15.8. The maximum atomic E-state index is 12.4. The van der Waals surface area contributed by atoms with Crippen molar-refractivity contribution in [3.05, 3.63) is 56.2 Å². The number of morpholine rings is 1. The number of ether oxygens (including phenoxy) is 1. The predicted molar refractivity (Wildman–Crippen MR) is 110 cm³/mol. The third-order valence-corrected chi connectivity index (χ3v) is 4.77. The molecule has 0 amide bonds. The predicted octanol–water partition coefficient (Wildman–Crippen LogP) is 1.91. The number of hydrogen-bond acceptors (Lipinski definition) is 5. The van der Waals surface area contributed by atoms with Gasteiger partial charge in [0.25, 0.3) is 5.56 Å². The first-order valence-electron chi connectivity index (χ1n) is 9.07. The van der Waals surface area contributed by atoms with Crippen LogP contribution in [0.2, 0.25) is 0 Å². The van der Waals surface area contributed by atoms with Crippen molar-refractivity contribution >= 4 is 23.9 Å². The van der Waals surface area contributed by atoms with Crippen LogP contribution in [0.4, 0.5) is 11.5 Å². The van der Waals surface area contributed by atoms with E-state index in [1.165, 1.54) is 21.8 Å². The van der Waals surface area contributed by atoms with Crippen LogP contribution in [0.15, 0.2) is 33.9 Å². The SMILES string of the molecule is CCc1cc(Nc2cc(=O)n(CCN3CCOCC3)c(=O)[nH]2)ccc1C.Cl. The summed E-state index contributed by atoms with van der Waals surface area (Å²) in [6.45, 7) is 8.27. The zero-order chi connectivity index (χ0) is 18.5. The number of aromatic amines is 1. The number of benzene rings is 1. The molecule has 7 nitrogen and oxygen atoms in total. The molecule has 2 aromatic rings. The van der Waals surface area contributed by atoms with Crippen LogP contribution in [0.1, 0.15) is 18.1 Å². The third-order valence-electron chi connectivity index (χ3n) is 4.77. The van der Waals surface area contributed by atoms with Gasteiger partial charge in [-0.1, -0.05) is 13.0 Å². The van der Waals surface area contributed by atoms with Crippen LogP contribution in [-0.2, 0) is 17.7 Å². The molecular weight excluding hydrogens is 368 g/mol. The largest absolute Gasteiger partial charge is 0.379 e. The van der Waals surface area contributed by atoms with Gasteiger partial charge in [-0.15, -0.1) is 12.4 Å². The molecule has 3 rings (SSSR count). The fraction of sp³-hybridized carbons (Fsp3) is 0.474. The molecule has 27 heavy (non-hydrogen) atoms. The Morgan fingerprint density at radius 3 is 2.56 bits per heavy atom. The Hall–Kier alpha value is -2.09. The number of aryl methyl sites for hydroxylation is 2. The van der Waals surface area contributed by atoms with Crippen molar-refractivity contribution in [1.29, 1.82) is 0 Å². The van der Waals surface area contributed by atoms with Crippen LogP contribution in [0.25, 0.3) is 0 Å². The summed E-state index contributed by atoms with van der Waals surface area (Å²) in [5.74, 6) is 0.411. The lowest BCUT2D eigenvalue weighted by molar-refractivity contribution is 0.0361. The Kier molecular flexibility index (Phi) is 7.65. The summed E-state index contributed by atoms with van der Waals surface area (Å²) in [5, 5.41) is 3.12. The van der Waals surface area contributed by atoms with Crippen molar-refractivity contribution in [2.75, 3.05) is 38.2 Å². The number of hydrogen-bond donors (Lipinski definition) is 2. The maximum Gasteiger partial charge on any atom is 0.329 e. The normalized spacial score (nSPS) is 14.6. The molecule has 0 aliphatic carbocycles. The molecule has 0 saturated carbocycles. The topological polar surface area (TPSA) is 79.4 Å².